The number of rotatable bonds is 7. The normalized spacial score (nSPS) is 14.6. The lowest BCUT2D eigenvalue weighted by Crippen LogP contribution is -2.48. The molecule has 2 aromatic carbocycles. The van der Waals surface area contributed by atoms with Crippen LogP contribution < -0.4 is 4.74 Å². The van der Waals surface area contributed by atoms with E-state index >= 15 is 0 Å². The van der Waals surface area contributed by atoms with E-state index in [2.05, 4.69) is 24.0 Å². The quantitative estimate of drug-likeness (QED) is 0.521. The van der Waals surface area contributed by atoms with Gasteiger partial charge in [0.1, 0.15) is 18.2 Å². The van der Waals surface area contributed by atoms with Crippen LogP contribution >= 0.6 is 11.3 Å². The lowest BCUT2D eigenvalue weighted by atomic mass is 10.2. The van der Waals surface area contributed by atoms with Crippen LogP contribution in [-0.2, 0) is 19.6 Å². The van der Waals surface area contributed by atoms with Gasteiger partial charge in [-0.2, -0.15) is 0 Å². The van der Waals surface area contributed by atoms with Gasteiger partial charge in [0.2, 0.25) is 0 Å². The first kappa shape index (κ1) is 21.5. The third kappa shape index (κ3) is 5.51. The first-order valence-corrected chi connectivity index (χ1v) is 11.5. The molecule has 0 unspecified atom stereocenters. The van der Waals surface area contributed by atoms with Gasteiger partial charge in [-0.1, -0.05) is 37.3 Å². The summed E-state index contributed by atoms with van der Waals surface area (Å²) in [6, 6.07) is 16.9. The Labute approximate surface area is 186 Å². The molecule has 4 rings (SSSR count). The molecular formula is C25H27FN2O2S. The fraction of sp³-hybridized carbons (Fsp3) is 0.320. The molecule has 1 aliphatic heterocycles. The Morgan fingerprint density at radius 1 is 1.03 bits per heavy atom. The number of amides is 1. The maximum absolute atomic E-state index is 13.9. The number of hydrogen-bond acceptors (Lipinski definition) is 4. The van der Waals surface area contributed by atoms with E-state index in [1.54, 1.807) is 6.07 Å². The van der Waals surface area contributed by atoms with Gasteiger partial charge in [-0.15, -0.1) is 11.3 Å². The summed E-state index contributed by atoms with van der Waals surface area (Å²) in [6.45, 7) is 5.95. The van der Waals surface area contributed by atoms with Gasteiger partial charge in [0.25, 0.3) is 5.91 Å². The number of benzene rings is 2. The fourth-order valence-corrected chi connectivity index (χ4v) is 4.55. The van der Waals surface area contributed by atoms with Crippen molar-refractivity contribution < 1.29 is 13.9 Å². The van der Waals surface area contributed by atoms with Crippen molar-refractivity contribution in [2.24, 2.45) is 0 Å². The molecular weight excluding hydrogens is 411 g/mol. The molecule has 31 heavy (non-hydrogen) atoms. The maximum Gasteiger partial charge on any atom is 0.264 e. The molecule has 1 amide bonds. The Balaban J connectivity index is 1.27. The maximum atomic E-state index is 13.9. The Kier molecular flexibility index (Phi) is 6.99. The van der Waals surface area contributed by atoms with E-state index in [9.17, 15) is 9.18 Å². The van der Waals surface area contributed by atoms with Crippen LogP contribution in [0.4, 0.5) is 4.39 Å². The van der Waals surface area contributed by atoms with Gasteiger partial charge in [-0.05, 0) is 41.6 Å². The monoisotopic (exact) mass is 438 g/mol. The van der Waals surface area contributed by atoms with Crippen molar-refractivity contribution in [1.29, 1.82) is 0 Å². The number of thiophene rings is 1. The Bertz CT molecular complexity index is 1010. The van der Waals surface area contributed by atoms with Crippen molar-refractivity contribution >= 4 is 17.2 Å². The molecule has 0 aliphatic carbocycles. The number of halogens is 1. The Morgan fingerprint density at radius 2 is 1.77 bits per heavy atom. The predicted octanol–water partition coefficient (Wildman–Crippen LogP) is 4.99. The molecule has 4 nitrogen and oxygen atoms in total. The van der Waals surface area contributed by atoms with Crippen molar-refractivity contribution in [3.8, 4) is 5.75 Å². The van der Waals surface area contributed by atoms with Gasteiger partial charge in [0.05, 0.1) is 4.88 Å². The second-order valence-electron chi connectivity index (χ2n) is 7.77. The van der Waals surface area contributed by atoms with E-state index < -0.39 is 0 Å². The second-order valence-corrected chi connectivity index (χ2v) is 8.68. The number of carbonyl (C=O) groups is 1. The van der Waals surface area contributed by atoms with Crippen LogP contribution in [0, 0.1) is 5.82 Å². The molecule has 0 spiro atoms. The summed E-state index contributed by atoms with van der Waals surface area (Å²) < 4.78 is 19.7. The van der Waals surface area contributed by atoms with Crippen LogP contribution in [0.1, 0.15) is 33.3 Å². The number of ether oxygens (including phenoxy) is 1. The molecule has 1 aliphatic rings. The van der Waals surface area contributed by atoms with Crippen LogP contribution in [0.2, 0.25) is 0 Å². The first-order chi connectivity index (χ1) is 15.1. The van der Waals surface area contributed by atoms with Crippen molar-refractivity contribution in [2.45, 2.75) is 26.5 Å². The minimum atomic E-state index is -0.171. The van der Waals surface area contributed by atoms with E-state index in [0.717, 1.165) is 35.7 Å². The number of piperazine rings is 1. The summed E-state index contributed by atoms with van der Waals surface area (Å²) in [5, 5.41) is 1.99. The van der Waals surface area contributed by atoms with Crippen molar-refractivity contribution in [3.05, 3.63) is 87.4 Å². The van der Waals surface area contributed by atoms with E-state index in [4.69, 9.17) is 4.74 Å². The topological polar surface area (TPSA) is 32.8 Å². The lowest BCUT2D eigenvalue weighted by molar-refractivity contribution is 0.0631. The van der Waals surface area contributed by atoms with Gasteiger partial charge in [0, 0.05) is 43.9 Å². The highest BCUT2D eigenvalue weighted by atomic mass is 32.1. The van der Waals surface area contributed by atoms with Crippen LogP contribution in [0.25, 0.3) is 0 Å². The lowest BCUT2D eigenvalue weighted by Gasteiger charge is -2.34. The zero-order valence-corrected chi connectivity index (χ0v) is 18.5. The standard InChI is InChI=1S/C25H27FN2O2S/c1-2-19-7-9-22(10-8-19)30-17-20-15-24(31-18-20)25(29)28-13-11-27(12-14-28)16-21-5-3-4-6-23(21)26/h3-10,15,18H,2,11-14,16-17H2,1H3. The van der Waals surface area contributed by atoms with Gasteiger partial charge < -0.3 is 9.64 Å². The van der Waals surface area contributed by atoms with Gasteiger partial charge in [0.15, 0.2) is 0 Å². The minimum absolute atomic E-state index is 0.0640. The van der Waals surface area contributed by atoms with Crippen molar-refractivity contribution in [2.75, 3.05) is 26.2 Å². The van der Waals surface area contributed by atoms with E-state index in [1.165, 1.54) is 23.0 Å². The smallest absolute Gasteiger partial charge is 0.264 e. The molecule has 0 bridgehead atoms. The average Bonchev–Trinajstić information content (AvgIpc) is 3.29. The zero-order chi connectivity index (χ0) is 21.6. The summed E-state index contributed by atoms with van der Waals surface area (Å²) in [7, 11) is 0. The van der Waals surface area contributed by atoms with E-state index in [-0.39, 0.29) is 11.7 Å². The summed E-state index contributed by atoms with van der Waals surface area (Å²) >= 11 is 1.46. The Hall–Kier alpha value is -2.70. The SMILES string of the molecule is CCc1ccc(OCc2csc(C(=O)N3CCN(Cc4ccccc4F)CC3)c2)cc1. The van der Waals surface area contributed by atoms with Crippen LogP contribution in [0.5, 0.6) is 5.75 Å². The number of hydrogen-bond donors (Lipinski definition) is 0. The van der Waals surface area contributed by atoms with Crippen LogP contribution in [0.15, 0.2) is 60.0 Å². The van der Waals surface area contributed by atoms with Gasteiger partial charge in [-0.25, -0.2) is 4.39 Å². The molecule has 0 N–H and O–H groups in total. The third-order valence-corrected chi connectivity index (χ3v) is 6.58. The highest BCUT2D eigenvalue weighted by Gasteiger charge is 2.23. The van der Waals surface area contributed by atoms with E-state index in [0.29, 0.717) is 31.8 Å². The van der Waals surface area contributed by atoms with Crippen LogP contribution in [0.3, 0.4) is 0 Å². The molecule has 6 heteroatoms. The molecule has 1 saturated heterocycles. The molecule has 3 aromatic rings. The van der Waals surface area contributed by atoms with Gasteiger partial charge >= 0.3 is 0 Å². The summed E-state index contributed by atoms with van der Waals surface area (Å²) in [4.78, 5) is 17.7. The molecule has 0 atom stereocenters. The highest BCUT2D eigenvalue weighted by molar-refractivity contribution is 7.12. The zero-order valence-electron chi connectivity index (χ0n) is 17.7. The molecule has 162 valence electrons. The summed E-state index contributed by atoms with van der Waals surface area (Å²) in [6.07, 6.45) is 1.01. The van der Waals surface area contributed by atoms with Crippen molar-refractivity contribution in [1.82, 2.24) is 9.80 Å². The average molecular weight is 439 g/mol. The van der Waals surface area contributed by atoms with Crippen molar-refractivity contribution in [3.63, 3.8) is 0 Å². The molecule has 2 heterocycles. The predicted molar refractivity (Wildman–Crippen MR) is 122 cm³/mol. The van der Waals surface area contributed by atoms with Gasteiger partial charge in [-0.3, -0.25) is 9.69 Å². The van der Waals surface area contributed by atoms with Crippen LogP contribution in [-0.4, -0.2) is 41.9 Å². The second kappa shape index (κ2) is 10.1. The largest absolute Gasteiger partial charge is 0.489 e. The Morgan fingerprint density at radius 3 is 2.48 bits per heavy atom. The number of nitrogens with zero attached hydrogens (tertiary/aromatic N) is 2. The molecule has 0 radical (unpaired) electrons. The molecule has 1 fully saturated rings. The molecule has 0 saturated carbocycles. The summed E-state index contributed by atoms with van der Waals surface area (Å²) in [5.74, 6) is 0.729. The first-order valence-electron chi connectivity index (χ1n) is 10.7. The fourth-order valence-electron chi connectivity index (χ4n) is 3.68. The summed E-state index contributed by atoms with van der Waals surface area (Å²) in [5.41, 5.74) is 2.99. The molecule has 1 aromatic heterocycles. The minimum Gasteiger partial charge on any atom is -0.489 e. The van der Waals surface area contributed by atoms with E-state index in [1.807, 2.05) is 40.6 Å². The number of carbonyl (C=O) groups excluding carboxylic acids is 1. The number of aryl methyl sites for hydroxylation is 1. The highest BCUT2D eigenvalue weighted by Crippen LogP contribution is 2.21. The third-order valence-electron chi connectivity index (χ3n) is 5.61.